The smallest absolute Gasteiger partial charge is 0.324 e. The summed E-state index contributed by atoms with van der Waals surface area (Å²) >= 11 is 0. The standard InChI is InChI=1S/C15H21N5O3.HI/c1-16-14(17-7-8-20-13(21)10-19-15(20)22)18-9-11-3-5-12(23-2)6-4-11;/h3-6H,7-10H2,1-2H3,(H,19,22)(H2,16,17,18);1H. The molecule has 1 aliphatic heterocycles. The van der Waals surface area contributed by atoms with Crippen LogP contribution in [0.2, 0.25) is 0 Å². The van der Waals surface area contributed by atoms with Crippen molar-refractivity contribution >= 4 is 41.9 Å². The molecule has 1 aromatic rings. The molecule has 0 unspecified atom stereocenters. The van der Waals surface area contributed by atoms with Gasteiger partial charge in [0, 0.05) is 26.7 Å². The van der Waals surface area contributed by atoms with Gasteiger partial charge in [0.25, 0.3) is 0 Å². The molecular formula is C15H22IN5O3. The van der Waals surface area contributed by atoms with Gasteiger partial charge >= 0.3 is 6.03 Å². The Morgan fingerprint density at radius 3 is 2.54 bits per heavy atom. The van der Waals surface area contributed by atoms with Crippen LogP contribution in [0.5, 0.6) is 5.75 Å². The van der Waals surface area contributed by atoms with E-state index < -0.39 is 0 Å². The van der Waals surface area contributed by atoms with Gasteiger partial charge in [-0.3, -0.25) is 14.7 Å². The molecule has 0 aromatic heterocycles. The molecule has 0 saturated carbocycles. The number of nitrogens with zero attached hydrogens (tertiary/aromatic N) is 2. The van der Waals surface area contributed by atoms with Crippen LogP contribution in [0.15, 0.2) is 29.3 Å². The third kappa shape index (κ3) is 5.55. The molecule has 1 heterocycles. The molecule has 0 aliphatic carbocycles. The summed E-state index contributed by atoms with van der Waals surface area (Å²) in [6.07, 6.45) is 0. The van der Waals surface area contributed by atoms with Crippen LogP contribution in [0.1, 0.15) is 5.56 Å². The van der Waals surface area contributed by atoms with Crippen molar-refractivity contribution in [3.05, 3.63) is 29.8 Å². The van der Waals surface area contributed by atoms with Crippen molar-refractivity contribution in [3.8, 4) is 5.75 Å². The number of imide groups is 1. The van der Waals surface area contributed by atoms with E-state index in [4.69, 9.17) is 4.74 Å². The summed E-state index contributed by atoms with van der Waals surface area (Å²) in [4.78, 5) is 28.1. The maximum Gasteiger partial charge on any atom is 0.324 e. The summed E-state index contributed by atoms with van der Waals surface area (Å²) in [6, 6.07) is 7.37. The Balaban J connectivity index is 0.00000288. The maximum atomic E-state index is 11.5. The number of carbonyl (C=O) groups excluding carboxylic acids is 2. The number of benzene rings is 1. The minimum Gasteiger partial charge on any atom is -0.497 e. The van der Waals surface area contributed by atoms with E-state index in [1.54, 1.807) is 14.2 Å². The van der Waals surface area contributed by atoms with Gasteiger partial charge in [-0.15, -0.1) is 24.0 Å². The van der Waals surface area contributed by atoms with Gasteiger partial charge in [0.2, 0.25) is 5.91 Å². The summed E-state index contributed by atoms with van der Waals surface area (Å²) in [5.74, 6) is 1.20. The van der Waals surface area contributed by atoms with E-state index in [0.29, 0.717) is 25.6 Å². The van der Waals surface area contributed by atoms with Gasteiger partial charge in [-0.25, -0.2) is 4.79 Å². The van der Waals surface area contributed by atoms with E-state index in [-0.39, 0.29) is 42.5 Å². The molecule has 3 amide bonds. The second-order valence-corrected chi connectivity index (χ2v) is 4.90. The van der Waals surface area contributed by atoms with Crippen molar-refractivity contribution < 1.29 is 14.3 Å². The Morgan fingerprint density at radius 1 is 1.29 bits per heavy atom. The monoisotopic (exact) mass is 447 g/mol. The van der Waals surface area contributed by atoms with Crippen LogP contribution in [0.25, 0.3) is 0 Å². The highest BCUT2D eigenvalue weighted by atomic mass is 127. The number of guanidine groups is 1. The second-order valence-electron chi connectivity index (χ2n) is 4.90. The molecule has 0 spiro atoms. The van der Waals surface area contributed by atoms with Crippen LogP contribution in [0.3, 0.4) is 0 Å². The third-order valence-electron chi connectivity index (χ3n) is 3.41. The van der Waals surface area contributed by atoms with Crippen LogP contribution < -0.4 is 20.7 Å². The first-order valence-corrected chi connectivity index (χ1v) is 7.29. The van der Waals surface area contributed by atoms with Crippen LogP contribution in [0, 0.1) is 0 Å². The first kappa shape index (κ1) is 20.0. The zero-order valence-electron chi connectivity index (χ0n) is 13.7. The van der Waals surface area contributed by atoms with Crippen molar-refractivity contribution in [2.24, 2.45) is 4.99 Å². The summed E-state index contributed by atoms with van der Waals surface area (Å²) in [5, 5.41) is 8.72. The fourth-order valence-corrected chi connectivity index (χ4v) is 2.12. The van der Waals surface area contributed by atoms with E-state index in [0.717, 1.165) is 11.3 Å². The SMILES string of the molecule is CN=C(NCCN1C(=O)CNC1=O)NCc1ccc(OC)cc1.I. The average Bonchev–Trinajstić information content (AvgIpc) is 2.90. The van der Waals surface area contributed by atoms with Crippen molar-refractivity contribution in [2.75, 3.05) is 33.8 Å². The Bertz CT molecular complexity index is 575. The molecule has 1 fully saturated rings. The number of aliphatic imine (C=N–C) groups is 1. The molecule has 1 saturated heterocycles. The first-order valence-electron chi connectivity index (χ1n) is 7.29. The predicted molar refractivity (Wildman–Crippen MR) is 102 cm³/mol. The molecule has 0 bridgehead atoms. The zero-order chi connectivity index (χ0) is 16.7. The summed E-state index contributed by atoms with van der Waals surface area (Å²) in [7, 11) is 3.29. The number of rotatable bonds is 6. The normalized spacial score (nSPS) is 14.1. The van der Waals surface area contributed by atoms with E-state index in [1.807, 2.05) is 24.3 Å². The van der Waals surface area contributed by atoms with E-state index in [9.17, 15) is 9.59 Å². The number of urea groups is 1. The molecule has 8 nitrogen and oxygen atoms in total. The van der Waals surface area contributed by atoms with E-state index in [1.165, 1.54) is 4.90 Å². The predicted octanol–water partition coefficient (Wildman–Crippen LogP) is 0.530. The van der Waals surface area contributed by atoms with Gasteiger partial charge in [0.05, 0.1) is 13.7 Å². The summed E-state index contributed by atoms with van der Waals surface area (Å²) in [6.45, 7) is 1.41. The number of hydrogen-bond acceptors (Lipinski definition) is 4. The Labute approximate surface area is 158 Å². The van der Waals surface area contributed by atoms with E-state index >= 15 is 0 Å². The highest BCUT2D eigenvalue weighted by Gasteiger charge is 2.27. The molecule has 0 radical (unpaired) electrons. The molecule has 3 N–H and O–H groups in total. The molecule has 24 heavy (non-hydrogen) atoms. The minimum atomic E-state index is -0.349. The van der Waals surface area contributed by atoms with E-state index in [2.05, 4.69) is 20.9 Å². The van der Waals surface area contributed by atoms with Gasteiger partial charge in [-0.05, 0) is 17.7 Å². The number of hydrogen-bond donors (Lipinski definition) is 3. The van der Waals surface area contributed by atoms with Gasteiger partial charge in [-0.1, -0.05) is 12.1 Å². The lowest BCUT2D eigenvalue weighted by molar-refractivity contribution is -0.124. The average molecular weight is 447 g/mol. The lowest BCUT2D eigenvalue weighted by atomic mass is 10.2. The van der Waals surface area contributed by atoms with Crippen molar-refractivity contribution in [2.45, 2.75) is 6.54 Å². The lowest BCUT2D eigenvalue weighted by Crippen LogP contribution is -2.43. The fraction of sp³-hybridized carbons (Fsp3) is 0.400. The third-order valence-corrected chi connectivity index (χ3v) is 3.41. The quantitative estimate of drug-likeness (QED) is 0.256. The number of methoxy groups -OCH3 is 1. The number of carbonyl (C=O) groups is 2. The molecule has 1 aliphatic rings. The Morgan fingerprint density at radius 2 is 2.00 bits per heavy atom. The molecule has 1 aromatic carbocycles. The number of halogens is 1. The second kappa shape index (κ2) is 9.96. The lowest BCUT2D eigenvalue weighted by Gasteiger charge is -2.15. The molecule has 9 heteroatoms. The maximum absolute atomic E-state index is 11.5. The van der Waals surface area contributed by atoms with Crippen LogP contribution in [0.4, 0.5) is 4.79 Å². The molecule has 0 atom stereocenters. The van der Waals surface area contributed by atoms with Crippen molar-refractivity contribution in [1.82, 2.24) is 20.9 Å². The highest BCUT2D eigenvalue weighted by molar-refractivity contribution is 14.0. The number of ether oxygens (including phenoxy) is 1. The van der Waals surface area contributed by atoms with Crippen LogP contribution >= 0.6 is 24.0 Å². The summed E-state index contributed by atoms with van der Waals surface area (Å²) in [5.41, 5.74) is 1.09. The van der Waals surface area contributed by atoms with Gasteiger partial charge in [0.15, 0.2) is 5.96 Å². The fourth-order valence-electron chi connectivity index (χ4n) is 2.12. The van der Waals surface area contributed by atoms with Gasteiger partial charge in [-0.2, -0.15) is 0 Å². The van der Waals surface area contributed by atoms with Crippen molar-refractivity contribution in [1.29, 1.82) is 0 Å². The van der Waals surface area contributed by atoms with Crippen LogP contribution in [-0.2, 0) is 11.3 Å². The topological polar surface area (TPSA) is 95.1 Å². The number of nitrogens with one attached hydrogen (secondary N) is 3. The Kier molecular flexibility index (Phi) is 8.30. The summed E-state index contributed by atoms with van der Waals surface area (Å²) < 4.78 is 5.11. The number of amides is 3. The molecular weight excluding hydrogens is 425 g/mol. The Hall–Kier alpha value is -2.04. The minimum absolute atomic E-state index is 0. The van der Waals surface area contributed by atoms with Gasteiger partial charge in [0.1, 0.15) is 5.75 Å². The molecule has 132 valence electrons. The zero-order valence-corrected chi connectivity index (χ0v) is 16.0. The highest BCUT2D eigenvalue weighted by Crippen LogP contribution is 2.10. The van der Waals surface area contributed by atoms with Crippen LogP contribution in [-0.4, -0.2) is 56.6 Å². The first-order chi connectivity index (χ1) is 11.1. The van der Waals surface area contributed by atoms with Gasteiger partial charge < -0.3 is 20.7 Å². The largest absolute Gasteiger partial charge is 0.497 e. The van der Waals surface area contributed by atoms with Crippen molar-refractivity contribution in [3.63, 3.8) is 0 Å². The molecule has 2 rings (SSSR count).